The summed E-state index contributed by atoms with van der Waals surface area (Å²) in [5.74, 6) is -2.19. The number of allylic oxidation sites excluding steroid dienone is 1. The molecule has 0 aromatic heterocycles. The number of carbonyl (C=O) groups excluding carboxylic acids is 2. The van der Waals surface area contributed by atoms with E-state index in [1.54, 1.807) is 13.1 Å². The van der Waals surface area contributed by atoms with Crippen LogP contribution in [0.4, 0.5) is 0 Å². The van der Waals surface area contributed by atoms with E-state index in [4.69, 9.17) is 0 Å². The second kappa shape index (κ2) is 13.3. The van der Waals surface area contributed by atoms with Crippen molar-refractivity contribution in [2.24, 2.45) is 23.2 Å². The molecular weight excluding hydrogens is 468 g/mol. The molecule has 0 bridgehead atoms. The summed E-state index contributed by atoms with van der Waals surface area (Å²) < 4.78 is 0. The minimum absolute atomic E-state index is 0.0324. The molecule has 37 heavy (non-hydrogen) atoms. The molecule has 0 aliphatic carbocycles. The number of amides is 1. The lowest BCUT2D eigenvalue weighted by atomic mass is 9.73. The molecule has 7 nitrogen and oxygen atoms in total. The van der Waals surface area contributed by atoms with Gasteiger partial charge in [-0.3, -0.25) is 14.5 Å². The van der Waals surface area contributed by atoms with Crippen molar-refractivity contribution < 1.29 is 24.6 Å². The number of benzene rings is 1. The van der Waals surface area contributed by atoms with Gasteiger partial charge in [0.15, 0.2) is 5.78 Å². The van der Waals surface area contributed by atoms with Gasteiger partial charge >= 0.3 is 5.97 Å². The highest BCUT2D eigenvalue weighted by atomic mass is 16.4. The van der Waals surface area contributed by atoms with Gasteiger partial charge in [0.1, 0.15) is 0 Å². The number of hydrogen-bond donors (Lipinski definition) is 3. The summed E-state index contributed by atoms with van der Waals surface area (Å²) in [4.78, 5) is 41.2. The molecule has 0 radical (unpaired) electrons. The van der Waals surface area contributed by atoms with Crippen LogP contribution < -0.4 is 5.32 Å². The van der Waals surface area contributed by atoms with Gasteiger partial charge in [0.25, 0.3) is 0 Å². The average molecular weight is 517 g/mol. The normalized spacial score (nSPS) is 16.3. The monoisotopic (exact) mass is 516 g/mol. The van der Waals surface area contributed by atoms with Crippen molar-refractivity contribution in [3.63, 3.8) is 0 Å². The number of nitrogens with zero attached hydrogens (tertiary/aromatic N) is 1. The van der Waals surface area contributed by atoms with Crippen molar-refractivity contribution in [1.82, 2.24) is 10.2 Å². The minimum Gasteiger partial charge on any atom is -0.478 e. The summed E-state index contributed by atoms with van der Waals surface area (Å²) in [7, 11) is 1.80. The molecule has 208 valence electrons. The van der Waals surface area contributed by atoms with Crippen LogP contribution in [0.25, 0.3) is 0 Å². The first-order valence-electron chi connectivity index (χ1n) is 13.1. The van der Waals surface area contributed by atoms with Gasteiger partial charge in [0.2, 0.25) is 5.91 Å². The summed E-state index contributed by atoms with van der Waals surface area (Å²) in [6.07, 6.45) is 1.66. The molecule has 1 aromatic rings. The lowest BCUT2D eigenvalue weighted by molar-refractivity contribution is -0.137. The lowest BCUT2D eigenvalue weighted by Crippen LogP contribution is -2.61. The Balaban J connectivity index is 3.45. The van der Waals surface area contributed by atoms with Crippen molar-refractivity contribution in [1.29, 1.82) is 0 Å². The van der Waals surface area contributed by atoms with Crippen LogP contribution in [0.3, 0.4) is 0 Å². The number of aliphatic hydroxyl groups is 1. The molecule has 0 aliphatic rings. The standard InChI is InChI=1S/C30H48N2O5/c1-19(2)23(18-20(3)28(36)37)21(4)24(34)25(29(5,6)7)31-27(35)26(32(10)16-17-33)30(8,9)22-14-12-11-13-15-22/h11-15,18-19,21,23,25-26,33H,16-17H2,1-10H3,(H,31,35)(H,36,37)/b20-18+/t21?,23-,25-,26-/m1/s1. The van der Waals surface area contributed by atoms with Crippen LogP contribution in [-0.2, 0) is 19.8 Å². The van der Waals surface area contributed by atoms with E-state index in [0.29, 0.717) is 6.54 Å². The Labute approximate surface area is 223 Å². The Kier molecular flexibility index (Phi) is 11.7. The molecule has 4 atom stereocenters. The van der Waals surface area contributed by atoms with E-state index in [1.165, 1.54) is 6.92 Å². The van der Waals surface area contributed by atoms with E-state index in [1.807, 2.05) is 90.6 Å². The maximum Gasteiger partial charge on any atom is 0.330 e. The van der Waals surface area contributed by atoms with Crippen LogP contribution >= 0.6 is 0 Å². The smallest absolute Gasteiger partial charge is 0.330 e. The number of carboxylic acids is 1. The summed E-state index contributed by atoms with van der Waals surface area (Å²) in [5, 5.41) is 22.1. The summed E-state index contributed by atoms with van der Waals surface area (Å²) in [6, 6.07) is 8.31. The molecule has 0 saturated heterocycles. The van der Waals surface area contributed by atoms with Crippen LogP contribution in [0.5, 0.6) is 0 Å². The zero-order valence-electron chi connectivity index (χ0n) is 24.3. The lowest BCUT2D eigenvalue weighted by Gasteiger charge is -2.42. The average Bonchev–Trinajstić information content (AvgIpc) is 2.79. The minimum atomic E-state index is -1.01. The largest absolute Gasteiger partial charge is 0.478 e. The van der Waals surface area contributed by atoms with E-state index in [-0.39, 0.29) is 35.7 Å². The molecular formula is C30H48N2O5. The van der Waals surface area contributed by atoms with Crippen LogP contribution in [0.15, 0.2) is 42.0 Å². The number of nitrogens with one attached hydrogen (secondary N) is 1. The van der Waals surface area contributed by atoms with Crippen LogP contribution in [0, 0.1) is 23.2 Å². The number of likely N-dealkylation sites (N-methyl/N-ethyl adjacent to an activating group) is 1. The fraction of sp³-hybridized carbons (Fsp3) is 0.633. The van der Waals surface area contributed by atoms with E-state index in [9.17, 15) is 24.6 Å². The number of carboxylic acid groups (broad SMARTS) is 1. The van der Waals surface area contributed by atoms with Gasteiger partial charge in [-0.15, -0.1) is 0 Å². The van der Waals surface area contributed by atoms with Gasteiger partial charge in [-0.25, -0.2) is 4.79 Å². The Morgan fingerprint density at radius 3 is 2.00 bits per heavy atom. The van der Waals surface area contributed by atoms with E-state index in [0.717, 1.165) is 5.56 Å². The Bertz CT molecular complexity index is 946. The van der Waals surface area contributed by atoms with Crippen molar-refractivity contribution in [2.75, 3.05) is 20.2 Å². The second-order valence-electron chi connectivity index (χ2n) is 12.2. The van der Waals surface area contributed by atoms with Gasteiger partial charge in [0, 0.05) is 23.5 Å². The molecule has 7 heteroatoms. The van der Waals surface area contributed by atoms with Crippen molar-refractivity contribution in [3.8, 4) is 0 Å². The van der Waals surface area contributed by atoms with Crippen molar-refractivity contribution in [2.45, 2.75) is 79.8 Å². The number of ketones is 1. The Hall–Kier alpha value is -2.51. The molecule has 1 aromatic carbocycles. The van der Waals surface area contributed by atoms with Crippen molar-refractivity contribution in [3.05, 3.63) is 47.5 Å². The maximum atomic E-state index is 14.0. The quantitative estimate of drug-likeness (QED) is 0.338. The van der Waals surface area contributed by atoms with Gasteiger partial charge in [-0.1, -0.05) is 91.8 Å². The number of rotatable bonds is 13. The van der Waals surface area contributed by atoms with Crippen LogP contribution in [0.1, 0.15) is 67.9 Å². The summed E-state index contributed by atoms with van der Waals surface area (Å²) in [6.45, 7) is 17.2. The molecule has 0 saturated carbocycles. The Morgan fingerprint density at radius 2 is 1.57 bits per heavy atom. The number of aliphatic carboxylic acids is 1. The predicted molar refractivity (Wildman–Crippen MR) is 148 cm³/mol. The molecule has 3 N–H and O–H groups in total. The van der Waals surface area contributed by atoms with Crippen LogP contribution in [0.2, 0.25) is 0 Å². The van der Waals surface area contributed by atoms with Gasteiger partial charge in [-0.2, -0.15) is 0 Å². The third-order valence-corrected chi connectivity index (χ3v) is 7.36. The van der Waals surface area contributed by atoms with Gasteiger partial charge in [-0.05, 0) is 36.8 Å². The molecule has 1 amide bonds. The Morgan fingerprint density at radius 1 is 1.03 bits per heavy atom. The fourth-order valence-corrected chi connectivity index (χ4v) is 5.05. The molecule has 0 spiro atoms. The zero-order valence-corrected chi connectivity index (χ0v) is 24.3. The highest BCUT2D eigenvalue weighted by molar-refractivity contribution is 5.93. The maximum absolute atomic E-state index is 14.0. The fourth-order valence-electron chi connectivity index (χ4n) is 5.05. The van der Waals surface area contributed by atoms with E-state index in [2.05, 4.69) is 5.32 Å². The number of hydrogen-bond acceptors (Lipinski definition) is 5. The number of Topliss-reactive ketones (excluding diaryl/α,β-unsaturated/α-hetero) is 1. The highest BCUT2D eigenvalue weighted by Gasteiger charge is 2.43. The number of aliphatic hydroxyl groups excluding tert-OH is 1. The summed E-state index contributed by atoms with van der Waals surface area (Å²) >= 11 is 0. The first-order valence-corrected chi connectivity index (χ1v) is 13.1. The zero-order chi connectivity index (χ0) is 28.7. The predicted octanol–water partition coefficient (Wildman–Crippen LogP) is 4.30. The molecule has 0 heterocycles. The third kappa shape index (κ3) is 8.50. The van der Waals surface area contributed by atoms with Gasteiger partial charge < -0.3 is 15.5 Å². The van der Waals surface area contributed by atoms with E-state index >= 15 is 0 Å². The topological polar surface area (TPSA) is 107 Å². The first-order chi connectivity index (χ1) is 17.0. The van der Waals surface area contributed by atoms with Crippen molar-refractivity contribution >= 4 is 17.7 Å². The van der Waals surface area contributed by atoms with E-state index < -0.39 is 34.8 Å². The molecule has 0 aliphatic heterocycles. The second-order valence-corrected chi connectivity index (χ2v) is 12.2. The molecule has 1 rings (SSSR count). The number of carbonyl (C=O) groups is 3. The highest BCUT2D eigenvalue weighted by Crippen LogP contribution is 2.33. The van der Waals surface area contributed by atoms with Gasteiger partial charge in [0.05, 0.1) is 18.7 Å². The molecule has 0 fully saturated rings. The molecule has 1 unspecified atom stereocenters. The first kappa shape index (κ1) is 32.5. The SMILES string of the molecule is C/C(=C\[C@H](C(C)C)C(C)C(=O)[C@@H](NC(=O)[C@@H](N(C)CCO)C(C)(C)c1ccccc1)C(C)(C)C)C(=O)O. The summed E-state index contributed by atoms with van der Waals surface area (Å²) in [5.41, 5.74) is -0.0229. The van der Waals surface area contributed by atoms with Crippen LogP contribution in [-0.4, -0.2) is 65.1 Å². The third-order valence-electron chi connectivity index (χ3n) is 7.36.